The third-order valence-corrected chi connectivity index (χ3v) is 6.99. The summed E-state index contributed by atoms with van der Waals surface area (Å²) in [5.74, 6) is -0.478. The molecule has 3 heterocycles. The summed E-state index contributed by atoms with van der Waals surface area (Å²) in [6, 6.07) is 26.0. The van der Waals surface area contributed by atoms with Crippen LogP contribution in [-0.2, 0) is 26.5 Å². The van der Waals surface area contributed by atoms with Crippen LogP contribution in [0, 0.1) is 43.9 Å². The van der Waals surface area contributed by atoms with E-state index in [0.717, 1.165) is 23.0 Å². The summed E-state index contributed by atoms with van der Waals surface area (Å²) in [5.41, 5.74) is 1.82. The third kappa shape index (κ3) is 7.76. The Bertz CT molecular complexity index is 2660. The van der Waals surface area contributed by atoms with Gasteiger partial charge in [0.25, 0.3) is 0 Å². The van der Waals surface area contributed by atoms with Crippen molar-refractivity contribution in [3.05, 3.63) is 144 Å². The van der Waals surface area contributed by atoms with Gasteiger partial charge in [0, 0.05) is 58.8 Å². The summed E-state index contributed by atoms with van der Waals surface area (Å²) in [4.78, 5) is 8.39. The standard InChI is InChI=1S/C29H26NO.C13H11FN.Ir/c1-19-18-30-26(16-25(19)21-14-12-20(13-15-21)17-29(2,3)4)24-10-7-9-23-22-8-5-6-11-27(22)31-28(23)24;1-9-7-13(15-8-10(9)2)11-3-5-12(14)6-4-11;/h5-9,11-16,18H,17H2,1-4H3;3,5-8H,1-2H3;/q2*-1;/i1D3,14D,15D,17D2;1D3,2D3;. The number of nitrogens with zero attached hydrogens (tertiary/aromatic N) is 2. The Hall–Kier alpha value is -4.44. The molecule has 3 nitrogen and oxygen atoms in total. The first kappa shape index (κ1) is 20.7. The maximum Gasteiger partial charge on any atom is 0.120 e. The van der Waals surface area contributed by atoms with E-state index in [2.05, 4.69) is 22.1 Å². The molecule has 5 heteroatoms. The molecule has 0 unspecified atom stereocenters. The molecule has 7 aromatic rings. The zero-order chi connectivity index (χ0) is 43.5. The van der Waals surface area contributed by atoms with Gasteiger partial charge in [0.2, 0.25) is 0 Å². The van der Waals surface area contributed by atoms with Gasteiger partial charge >= 0.3 is 0 Å². The van der Waals surface area contributed by atoms with Gasteiger partial charge in [-0.25, -0.2) is 0 Å². The van der Waals surface area contributed by atoms with Crippen LogP contribution in [0.1, 0.15) is 60.8 Å². The summed E-state index contributed by atoms with van der Waals surface area (Å²) >= 11 is 0. The minimum atomic E-state index is -2.58. The van der Waals surface area contributed by atoms with E-state index in [1.165, 1.54) is 36.5 Å². The van der Waals surface area contributed by atoms with E-state index in [9.17, 15) is 4.39 Å². The number of hydrogen-bond acceptors (Lipinski definition) is 3. The van der Waals surface area contributed by atoms with Crippen molar-refractivity contribution in [3.8, 4) is 33.6 Å². The first-order valence-electron chi connectivity index (χ1n) is 20.9. The van der Waals surface area contributed by atoms with Crippen LogP contribution in [0.5, 0.6) is 0 Å². The largest absolute Gasteiger partial charge is 0.501 e. The van der Waals surface area contributed by atoms with E-state index >= 15 is 0 Å². The molecule has 0 amide bonds. The predicted octanol–water partition coefficient (Wildman–Crippen LogP) is 11.3. The number of pyridine rings is 2. The van der Waals surface area contributed by atoms with Crippen molar-refractivity contribution >= 4 is 21.9 Å². The van der Waals surface area contributed by atoms with Gasteiger partial charge in [0.15, 0.2) is 0 Å². The molecule has 0 aliphatic heterocycles. The zero-order valence-electron chi connectivity index (χ0n) is 38.7. The number of halogens is 1. The molecule has 0 saturated heterocycles. The predicted molar refractivity (Wildman–Crippen MR) is 187 cm³/mol. The summed E-state index contributed by atoms with van der Waals surface area (Å²) in [7, 11) is 0. The maximum absolute atomic E-state index is 12.9. The summed E-state index contributed by atoms with van der Waals surface area (Å²) in [5, 5.41) is 1.80. The van der Waals surface area contributed by atoms with Crippen molar-refractivity contribution < 1.29 is 46.7 Å². The second-order valence-corrected chi connectivity index (χ2v) is 11.6. The average Bonchev–Trinajstić information content (AvgIpc) is 3.52. The molecule has 4 aromatic carbocycles. The third-order valence-electron chi connectivity index (χ3n) is 6.99. The molecule has 0 bridgehead atoms. The van der Waals surface area contributed by atoms with Crippen LogP contribution in [0.15, 0.2) is 108 Å². The van der Waals surface area contributed by atoms with Crippen molar-refractivity contribution in [1.82, 2.24) is 9.97 Å². The molecule has 0 aliphatic carbocycles. The van der Waals surface area contributed by atoms with E-state index in [-0.39, 0.29) is 71.3 Å². The average molecular weight is 810 g/mol. The van der Waals surface area contributed by atoms with Crippen LogP contribution in [-0.4, -0.2) is 9.97 Å². The van der Waals surface area contributed by atoms with Crippen molar-refractivity contribution in [3.63, 3.8) is 0 Å². The van der Waals surface area contributed by atoms with Crippen molar-refractivity contribution in [2.24, 2.45) is 5.41 Å². The molecule has 47 heavy (non-hydrogen) atoms. The van der Waals surface area contributed by atoms with Gasteiger partial charge in [-0.1, -0.05) is 91.8 Å². The number of furan rings is 1. The zero-order valence-corrected chi connectivity index (χ0v) is 28.1. The molecule has 0 spiro atoms. The second kappa shape index (κ2) is 14.1. The minimum absolute atomic E-state index is 0. The molecular formula is C42H37FIrN2O-2. The molecule has 239 valence electrons. The van der Waals surface area contributed by atoms with Gasteiger partial charge < -0.3 is 14.4 Å². The second-order valence-electron chi connectivity index (χ2n) is 11.6. The summed E-state index contributed by atoms with van der Waals surface area (Å²) in [6.07, 6.45) is 0.481. The Morgan fingerprint density at radius 1 is 0.851 bits per heavy atom. The quantitative estimate of drug-likeness (QED) is 0.166. The molecule has 3 aromatic heterocycles. The SMILES string of the molecule is [2H]C([2H])([2H])c1cnc(-c2[c-]cc(F)cc2)cc1C([2H])([2H])[2H].[2H]c1cc(C([2H])([2H])C(C)(C)C)cc([2H])c1-c1cc(-c2[c-]ccc3c2oc2ccccc23)ncc1C([2H])([2H])[2H].[Ir]. The number of aryl methyl sites for hydroxylation is 3. The number of benzene rings is 4. The summed E-state index contributed by atoms with van der Waals surface area (Å²) < 4.78 is 122. The van der Waals surface area contributed by atoms with Gasteiger partial charge in [-0.15, -0.1) is 48.0 Å². The smallest absolute Gasteiger partial charge is 0.120 e. The molecule has 0 aliphatic rings. The first-order valence-corrected chi connectivity index (χ1v) is 14.4. The van der Waals surface area contributed by atoms with Crippen LogP contribution in [0.4, 0.5) is 4.39 Å². The number of rotatable bonds is 4. The number of fused-ring (bicyclic) bond motifs is 3. The van der Waals surface area contributed by atoms with Crippen LogP contribution >= 0.6 is 0 Å². The molecule has 0 N–H and O–H groups in total. The van der Waals surface area contributed by atoms with Gasteiger partial charge in [-0.3, -0.25) is 4.39 Å². The van der Waals surface area contributed by atoms with E-state index in [1.54, 1.807) is 32.9 Å². The van der Waals surface area contributed by atoms with E-state index < -0.39 is 38.2 Å². The van der Waals surface area contributed by atoms with E-state index in [1.807, 2.05) is 30.3 Å². The van der Waals surface area contributed by atoms with E-state index in [4.69, 9.17) is 22.2 Å². The van der Waals surface area contributed by atoms with Crippen LogP contribution < -0.4 is 0 Å². The Labute approximate surface area is 308 Å². The minimum Gasteiger partial charge on any atom is -0.501 e. The van der Waals surface area contributed by atoms with E-state index in [0.29, 0.717) is 28.0 Å². The molecule has 0 saturated carbocycles. The van der Waals surface area contributed by atoms with Gasteiger partial charge in [-0.05, 0) is 77.6 Å². The molecule has 0 atom stereocenters. The van der Waals surface area contributed by atoms with Gasteiger partial charge in [0.1, 0.15) is 5.58 Å². The number of hydrogen-bond donors (Lipinski definition) is 0. The van der Waals surface area contributed by atoms with Crippen LogP contribution in [0.3, 0.4) is 0 Å². The maximum atomic E-state index is 12.9. The topological polar surface area (TPSA) is 38.9 Å². The van der Waals surface area contributed by atoms with Crippen molar-refractivity contribution in [2.45, 2.75) is 47.7 Å². The monoisotopic (exact) mass is 810 g/mol. The fraction of sp³-hybridized carbons (Fsp3) is 0.190. The Morgan fingerprint density at radius 2 is 1.60 bits per heavy atom. The van der Waals surface area contributed by atoms with Crippen LogP contribution in [0.2, 0.25) is 0 Å². The Kier molecular flexibility index (Phi) is 6.23. The molecule has 0 fully saturated rings. The van der Waals surface area contributed by atoms with Crippen LogP contribution in [0.25, 0.3) is 55.6 Å². The fourth-order valence-electron chi connectivity index (χ4n) is 4.89. The fourth-order valence-corrected chi connectivity index (χ4v) is 4.89. The van der Waals surface area contributed by atoms with Gasteiger partial charge in [0.05, 0.1) is 8.32 Å². The van der Waals surface area contributed by atoms with Gasteiger partial charge in [-0.2, -0.15) is 0 Å². The number of aromatic nitrogens is 2. The Balaban J connectivity index is 0.000000264. The Morgan fingerprint density at radius 3 is 2.32 bits per heavy atom. The van der Waals surface area contributed by atoms with Crippen molar-refractivity contribution in [1.29, 1.82) is 0 Å². The molecular weight excluding hydrogens is 760 g/mol. The normalized spacial score (nSPS) is 16.4. The summed E-state index contributed by atoms with van der Waals surface area (Å²) in [6.45, 7) is -2.43. The molecule has 1 radical (unpaired) electrons. The van der Waals surface area contributed by atoms with Crippen molar-refractivity contribution in [2.75, 3.05) is 0 Å². The number of para-hydroxylation sites is 1. The first-order chi connectivity index (χ1) is 27.3. The molecule has 7 rings (SSSR count).